The Balaban J connectivity index is 2.10. The number of nitrogens with zero attached hydrogens (tertiary/aromatic N) is 1. The summed E-state index contributed by atoms with van der Waals surface area (Å²) in [6, 6.07) is 12.1. The zero-order valence-electron chi connectivity index (χ0n) is 14.4. The maximum Gasteiger partial charge on any atom is 0.471 e. The molecule has 0 spiro atoms. The molecule has 6 nitrogen and oxygen atoms in total. The van der Waals surface area contributed by atoms with E-state index in [-0.39, 0.29) is 5.69 Å². The first-order valence-electron chi connectivity index (χ1n) is 7.68. The molecule has 2 amide bonds. The van der Waals surface area contributed by atoms with E-state index in [1.54, 1.807) is 36.5 Å². The van der Waals surface area contributed by atoms with Gasteiger partial charge in [0, 0.05) is 11.3 Å². The first-order valence-corrected chi connectivity index (χ1v) is 7.68. The fourth-order valence-electron chi connectivity index (χ4n) is 2.05. The van der Waals surface area contributed by atoms with Gasteiger partial charge in [-0.3, -0.25) is 9.59 Å². The van der Waals surface area contributed by atoms with Crippen molar-refractivity contribution in [3.05, 3.63) is 59.7 Å². The van der Waals surface area contributed by atoms with Crippen molar-refractivity contribution in [3.63, 3.8) is 0 Å². The number of carbonyl (C=O) groups is 2. The molecule has 0 aliphatic carbocycles. The Morgan fingerprint density at radius 2 is 1.70 bits per heavy atom. The third kappa shape index (κ3) is 5.56. The van der Waals surface area contributed by atoms with Crippen LogP contribution in [-0.2, 0) is 4.79 Å². The minimum atomic E-state index is -4.98. The van der Waals surface area contributed by atoms with Gasteiger partial charge in [0.1, 0.15) is 5.75 Å². The van der Waals surface area contributed by atoms with Crippen molar-refractivity contribution in [2.75, 3.05) is 12.4 Å². The molecular weight excluding hydrogens is 363 g/mol. The van der Waals surface area contributed by atoms with E-state index in [0.717, 1.165) is 0 Å². The average Bonchev–Trinajstić information content (AvgIpc) is 2.65. The van der Waals surface area contributed by atoms with E-state index in [2.05, 4.69) is 10.5 Å². The first-order chi connectivity index (χ1) is 12.7. The molecule has 0 aliphatic heterocycles. The molecule has 0 saturated heterocycles. The highest BCUT2D eigenvalue weighted by Crippen LogP contribution is 2.19. The summed E-state index contributed by atoms with van der Waals surface area (Å²) in [4.78, 5) is 23.1. The summed E-state index contributed by atoms with van der Waals surface area (Å²) in [5, 5.41) is 5.70. The van der Waals surface area contributed by atoms with E-state index in [9.17, 15) is 22.8 Å². The monoisotopic (exact) mass is 379 g/mol. The third-order valence-corrected chi connectivity index (χ3v) is 3.45. The number of rotatable bonds is 5. The molecule has 142 valence electrons. The molecule has 2 N–H and O–H groups in total. The molecule has 0 aliphatic rings. The summed E-state index contributed by atoms with van der Waals surface area (Å²) in [5.74, 6) is -2.04. The van der Waals surface area contributed by atoms with Crippen molar-refractivity contribution in [3.8, 4) is 5.75 Å². The molecule has 0 unspecified atom stereocenters. The second-order valence-electron chi connectivity index (χ2n) is 5.40. The van der Waals surface area contributed by atoms with Gasteiger partial charge in [0.2, 0.25) is 0 Å². The van der Waals surface area contributed by atoms with Crippen LogP contribution in [0.15, 0.2) is 53.6 Å². The molecule has 2 aromatic carbocycles. The number of ether oxygens (including phenoxy) is 1. The second kappa shape index (κ2) is 8.35. The van der Waals surface area contributed by atoms with Gasteiger partial charge in [-0.1, -0.05) is 18.2 Å². The molecule has 0 atom stereocenters. The lowest BCUT2D eigenvalue weighted by Crippen LogP contribution is -2.29. The number of amides is 2. The highest BCUT2D eigenvalue weighted by Gasteiger charge is 2.38. The van der Waals surface area contributed by atoms with Crippen LogP contribution in [0.1, 0.15) is 22.8 Å². The van der Waals surface area contributed by atoms with Crippen LogP contribution in [0.2, 0.25) is 0 Å². The standard InChI is InChI=1S/C18H16F3N3O3/c1-11(23-24-16(25)13-6-4-8-15(10-13)27-2)12-5-3-7-14(9-12)22-17(26)18(19,20)21/h3-10H,1-2H3,(H,22,26)(H,24,25)/b23-11-. The Kier molecular flexibility index (Phi) is 6.17. The topological polar surface area (TPSA) is 79.8 Å². The van der Waals surface area contributed by atoms with Crippen molar-refractivity contribution in [1.82, 2.24) is 5.43 Å². The summed E-state index contributed by atoms with van der Waals surface area (Å²) >= 11 is 0. The summed E-state index contributed by atoms with van der Waals surface area (Å²) in [6.45, 7) is 1.57. The van der Waals surface area contributed by atoms with E-state index >= 15 is 0 Å². The van der Waals surface area contributed by atoms with Crippen LogP contribution >= 0.6 is 0 Å². The van der Waals surface area contributed by atoms with Crippen molar-refractivity contribution in [1.29, 1.82) is 0 Å². The van der Waals surface area contributed by atoms with Crippen LogP contribution in [0, 0.1) is 0 Å². The molecule has 0 fully saturated rings. The Morgan fingerprint density at radius 3 is 2.37 bits per heavy atom. The van der Waals surface area contributed by atoms with Gasteiger partial charge in [-0.15, -0.1) is 0 Å². The Bertz CT molecular complexity index is 879. The van der Waals surface area contributed by atoms with Crippen LogP contribution in [0.5, 0.6) is 5.75 Å². The maximum absolute atomic E-state index is 12.3. The van der Waals surface area contributed by atoms with E-state index in [0.29, 0.717) is 22.6 Å². The van der Waals surface area contributed by atoms with Crippen molar-refractivity contribution >= 4 is 23.2 Å². The predicted molar refractivity (Wildman–Crippen MR) is 93.8 cm³/mol. The number of methoxy groups -OCH3 is 1. The van der Waals surface area contributed by atoms with Crippen LogP contribution < -0.4 is 15.5 Å². The zero-order valence-corrected chi connectivity index (χ0v) is 14.4. The molecule has 0 aromatic heterocycles. The second-order valence-corrected chi connectivity index (χ2v) is 5.40. The van der Waals surface area contributed by atoms with Crippen molar-refractivity contribution in [2.24, 2.45) is 5.10 Å². The Hall–Kier alpha value is -3.36. The van der Waals surface area contributed by atoms with Gasteiger partial charge in [0.25, 0.3) is 5.91 Å². The van der Waals surface area contributed by atoms with Crippen LogP contribution in [0.4, 0.5) is 18.9 Å². The van der Waals surface area contributed by atoms with Crippen molar-refractivity contribution in [2.45, 2.75) is 13.1 Å². The number of hydrogen-bond acceptors (Lipinski definition) is 4. The molecule has 2 rings (SSSR count). The molecule has 27 heavy (non-hydrogen) atoms. The number of nitrogens with one attached hydrogen (secondary N) is 2. The SMILES string of the molecule is COc1cccc(C(=O)N/N=C(/C)c2cccc(NC(=O)C(F)(F)F)c2)c1. The largest absolute Gasteiger partial charge is 0.497 e. The van der Waals surface area contributed by atoms with Gasteiger partial charge in [0.05, 0.1) is 12.8 Å². The Labute approximate surface area is 153 Å². The van der Waals surface area contributed by atoms with Gasteiger partial charge in [-0.2, -0.15) is 18.3 Å². The number of alkyl halides is 3. The minimum Gasteiger partial charge on any atom is -0.497 e. The van der Waals surface area contributed by atoms with E-state index in [1.807, 2.05) is 0 Å². The molecule has 0 heterocycles. The number of benzene rings is 2. The molecule has 0 saturated carbocycles. The molecule has 0 bridgehead atoms. The number of hydrazone groups is 1. The van der Waals surface area contributed by atoms with Gasteiger partial charge in [0.15, 0.2) is 0 Å². The lowest BCUT2D eigenvalue weighted by atomic mass is 10.1. The third-order valence-electron chi connectivity index (χ3n) is 3.45. The fourth-order valence-corrected chi connectivity index (χ4v) is 2.05. The van der Waals surface area contributed by atoms with E-state index in [4.69, 9.17) is 4.74 Å². The number of anilines is 1. The number of hydrogen-bond donors (Lipinski definition) is 2. The quantitative estimate of drug-likeness (QED) is 0.618. The smallest absolute Gasteiger partial charge is 0.471 e. The van der Waals surface area contributed by atoms with Crippen LogP contribution in [0.3, 0.4) is 0 Å². The molecule has 2 aromatic rings. The molecule has 9 heteroatoms. The number of carbonyl (C=O) groups excluding carboxylic acids is 2. The fraction of sp³-hybridized carbons (Fsp3) is 0.167. The lowest BCUT2D eigenvalue weighted by molar-refractivity contribution is -0.167. The summed E-state index contributed by atoms with van der Waals surface area (Å²) < 4.78 is 42.0. The van der Waals surface area contributed by atoms with Gasteiger partial charge < -0.3 is 10.1 Å². The summed E-state index contributed by atoms with van der Waals surface area (Å²) in [7, 11) is 1.48. The lowest BCUT2D eigenvalue weighted by Gasteiger charge is -2.09. The van der Waals surface area contributed by atoms with Gasteiger partial charge in [-0.05, 0) is 42.8 Å². The molecule has 0 radical (unpaired) electrons. The van der Waals surface area contributed by atoms with Crippen molar-refractivity contribution < 1.29 is 27.5 Å². The highest BCUT2D eigenvalue weighted by atomic mass is 19.4. The first kappa shape index (κ1) is 20.0. The van der Waals surface area contributed by atoms with E-state index < -0.39 is 18.0 Å². The zero-order chi connectivity index (χ0) is 20.0. The van der Waals surface area contributed by atoms with Gasteiger partial charge in [-0.25, -0.2) is 5.43 Å². The summed E-state index contributed by atoms with van der Waals surface area (Å²) in [5.41, 5.74) is 3.42. The normalized spacial score (nSPS) is 11.7. The van der Waals surface area contributed by atoms with E-state index in [1.165, 1.54) is 31.4 Å². The van der Waals surface area contributed by atoms with Gasteiger partial charge >= 0.3 is 12.1 Å². The predicted octanol–water partition coefficient (Wildman–Crippen LogP) is 3.35. The number of halogens is 3. The minimum absolute atomic E-state index is 0.0384. The average molecular weight is 379 g/mol. The maximum atomic E-state index is 12.3. The Morgan fingerprint density at radius 1 is 1.04 bits per heavy atom. The molecular formula is C18H16F3N3O3. The highest BCUT2D eigenvalue weighted by molar-refractivity contribution is 6.02. The van der Waals surface area contributed by atoms with Crippen LogP contribution in [-0.4, -0.2) is 30.8 Å². The van der Waals surface area contributed by atoms with Crippen LogP contribution in [0.25, 0.3) is 0 Å². The summed E-state index contributed by atoms with van der Waals surface area (Å²) in [6.07, 6.45) is -4.98.